The number of rotatable bonds is 5. The zero-order valence-electron chi connectivity index (χ0n) is 26.8. The van der Waals surface area contributed by atoms with Crippen LogP contribution in [0.2, 0.25) is 0 Å². The van der Waals surface area contributed by atoms with Crippen LogP contribution in [0.25, 0.3) is 59.4 Å². The Hall–Kier alpha value is -4.21. The maximum atomic E-state index is 7.95. The molecule has 0 unspecified atom stereocenters. The number of nitrogens with zero attached hydrogens (tertiary/aromatic N) is 2. The summed E-state index contributed by atoms with van der Waals surface area (Å²) in [6.45, 7) is 6.93. The Bertz CT molecular complexity index is 2140. The van der Waals surface area contributed by atoms with Crippen LogP contribution in [0.15, 0.2) is 103 Å². The number of thiophene rings is 1. The van der Waals surface area contributed by atoms with E-state index in [9.17, 15) is 0 Å². The Morgan fingerprint density at radius 3 is 2.17 bits per heavy atom. The zero-order valence-corrected chi connectivity index (χ0v) is 24.6. The van der Waals surface area contributed by atoms with Crippen molar-refractivity contribution in [3.8, 4) is 28.2 Å². The third-order valence-corrected chi connectivity index (χ3v) is 9.25. The summed E-state index contributed by atoms with van der Waals surface area (Å²) in [6, 6.07) is 35.6. The summed E-state index contributed by atoms with van der Waals surface area (Å²) in [7, 11) is 0. The quantitative estimate of drug-likeness (QED) is 0.207. The van der Waals surface area contributed by atoms with Crippen LogP contribution < -0.4 is 0 Å². The van der Waals surface area contributed by atoms with Crippen molar-refractivity contribution in [2.24, 2.45) is 0 Å². The second-order valence-corrected chi connectivity index (χ2v) is 12.5. The normalized spacial score (nSPS) is 13.4. The van der Waals surface area contributed by atoms with Gasteiger partial charge in [-0.25, -0.2) is 4.98 Å². The highest BCUT2D eigenvalue weighted by Crippen LogP contribution is 2.44. The average Bonchev–Trinajstić information content (AvgIpc) is 3.58. The molecule has 2 nitrogen and oxygen atoms in total. The first-order chi connectivity index (χ1) is 21.1. The molecule has 0 bridgehead atoms. The molecule has 0 fully saturated rings. The largest absolute Gasteiger partial charge is 0.292 e. The highest BCUT2D eigenvalue weighted by Gasteiger charge is 2.24. The molecule has 3 heteroatoms. The molecular formula is C38H34N2S. The molecule has 0 aliphatic rings. The maximum absolute atomic E-state index is 7.95. The van der Waals surface area contributed by atoms with E-state index in [1.54, 1.807) is 17.4 Å². The van der Waals surface area contributed by atoms with E-state index in [1.165, 1.54) is 27.9 Å². The molecule has 202 valence electrons. The number of hydrogen-bond donors (Lipinski definition) is 0. The molecule has 0 aliphatic carbocycles. The summed E-state index contributed by atoms with van der Waals surface area (Å²) in [5.74, 6) is 1.45. The summed E-state index contributed by atoms with van der Waals surface area (Å²) >= 11 is 1.64. The molecule has 5 aromatic carbocycles. The van der Waals surface area contributed by atoms with Crippen LogP contribution in [0, 0.1) is 6.85 Å². The number of para-hydroxylation sites is 2. The smallest absolute Gasteiger partial charge is 0.147 e. The van der Waals surface area contributed by atoms with Crippen LogP contribution in [0.5, 0.6) is 0 Å². The van der Waals surface area contributed by atoms with Crippen molar-refractivity contribution in [3.05, 3.63) is 120 Å². The molecule has 2 heterocycles. The summed E-state index contributed by atoms with van der Waals surface area (Å²) in [4.78, 5) is 5.30. The molecule has 2 aromatic heterocycles. The topological polar surface area (TPSA) is 17.8 Å². The molecule has 0 saturated heterocycles. The minimum absolute atomic E-state index is 0.276. The number of hydrogen-bond acceptors (Lipinski definition) is 2. The Morgan fingerprint density at radius 1 is 0.707 bits per heavy atom. The lowest BCUT2D eigenvalue weighted by atomic mass is 9.88. The van der Waals surface area contributed by atoms with Gasteiger partial charge in [-0.05, 0) is 82.9 Å². The maximum Gasteiger partial charge on any atom is 0.147 e. The molecular weight excluding hydrogens is 516 g/mol. The van der Waals surface area contributed by atoms with E-state index < -0.39 is 6.85 Å². The number of aromatic nitrogens is 2. The third kappa shape index (κ3) is 4.27. The fraction of sp³-hybridized carbons (Fsp3) is 0.184. The first-order valence-electron chi connectivity index (χ1n) is 15.8. The molecule has 7 rings (SSSR count). The lowest BCUT2D eigenvalue weighted by molar-refractivity contribution is 0.812. The van der Waals surface area contributed by atoms with Gasteiger partial charge in [-0.1, -0.05) is 94.4 Å². The van der Waals surface area contributed by atoms with Crippen molar-refractivity contribution in [2.75, 3.05) is 0 Å². The van der Waals surface area contributed by atoms with Gasteiger partial charge in [0.1, 0.15) is 5.82 Å². The van der Waals surface area contributed by atoms with Gasteiger partial charge in [0.05, 0.1) is 16.7 Å². The standard InChI is InChI=1S/C38H34N2S/c1-23(2)31-21-27(26-12-7-6-8-13-26)22-32(24(3)4)36(31)40-34-17-10-9-16-33(34)39-38(40)30-15-11-14-29-28-19-18-25(5)20-35(28)41-37(29)30/h6-24H,1-5H3/i5D3. The van der Waals surface area contributed by atoms with Gasteiger partial charge in [0.25, 0.3) is 0 Å². The van der Waals surface area contributed by atoms with E-state index in [4.69, 9.17) is 9.10 Å². The van der Waals surface area contributed by atoms with E-state index in [0.29, 0.717) is 5.56 Å². The third-order valence-electron chi connectivity index (χ3n) is 8.04. The molecule has 41 heavy (non-hydrogen) atoms. The van der Waals surface area contributed by atoms with Gasteiger partial charge in [0.15, 0.2) is 0 Å². The van der Waals surface area contributed by atoms with E-state index in [0.717, 1.165) is 42.6 Å². The van der Waals surface area contributed by atoms with Crippen molar-refractivity contribution in [1.29, 1.82) is 0 Å². The van der Waals surface area contributed by atoms with Gasteiger partial charge in [0, 0.05) is 29.8 Å². The van der Waals surface area contributed by atoms with Crippen LogP contribution >= 0.6 is 11.3 Å². The SMILES string of the molecule is [2H]C([2H])([2H])c1ccc2c(c1)sc1c(-c3nc4ccccc4n3-c3c(C(C)C)cc(-c4ccccc4)cc3C(C)C)cccc12. The molecule has 7 aromatic rings. The average molecular weight is 554 g/mol. The van der Waals surface area contributed by atoms with Crippen LogP contribution in [0.1, 0.15) is 60.3 Å². The Morgan fingerprint density at radius 2 is 1.44 bits per heavy atom. The van der Waals surface area contributed by atoms with Crippen LogP contribution in [0.3, 0.4) is 0 Å². The van der Waals surface area contributed by atoms with Gasteiger partial charge in [-0.2, -0.15) is 0 Å². The molecule has 0 N–H and O–H groups in total. The molecule has 0 aliphatic heterocycles. The van der Waals surface area contributed by atoms with E-state index in [-0.39, 0.29) is 11.8 Å². The zero-order chi connectivity index (χ0) is 30.7. The van der Waals surface area contributed by atoms with Crippen LogP contribution in [0.4, 0.5) is 0 Å². The lowest BCUT2D eigenvalue weighted by Crippen LogP contribution is -2.09. The summed E-state index contributed by atoms with van der Waals surface area (Å²) < 4.78 is 28.3. The van der Waals surface area contributed by atoms with E-state index >= 15 is 0 Å². The van der Waals surface area contributed by atoms with Gasteiger partial charge in [-0.3, -0.25) is 4.57 Å². The second-order valence-electron chi connectivity index (χ2n) is 11.4. The first-order valence-corrected chi connectivity index (χ1v) is 15.1. The molecule has 0 spiro atoms. The predicted molar refractivity (Wildman–Crippen MR) is 178 cm³/mol. The van der Waals surface area contributed by atoms with E-state index in [2.05, 4.69) is 111 Å². The minimum Gasteiger partial charge on any atom is -0.292 e. The number of fused-ring (bicyclic) bond motifs is 4. The van der Waals surface area contributed by atoms with Crippen molar-refractivity contribution in [3.63, 3.8) is 0 Å². The van der Waals surface area contributed by atoms with Gasteiger partial charge in [-0.15, -0.1) is 11.3 Å². The van der Waals surface area contributed by atoms with Gasteiger partial charge >= 0.3 is 0 Å². The monoisotopic (exact) mass is 553 g/mol. The Kier molecular flexibility index (Phi) is 5.49. The van der Waals surface area contributed by atoms with Crippen molar-refractivity contribution >= 4 is 42.5 Å². The van der Waals surface area contributed by atoms with Crippen LogP contribution in [-0.2, 0) is 0 Å². The number of benzene rings is 5. The summed E-state index contributed by atoms with van der Waals surface area (Å²) in [5.41, 5.74) is 9.63. The van der Waals surface area contributed by atoms with Crippen molar-refractivity contribution in [2.45, 2.75) is 46.4 Å². The predicted octanol–water partition coefficient (Wildman–Crippen LogP) is 11.3. The first kappa shape index (κ1) is 22.5. The molecule has 0 radical (unpaired) electrons. The summed E-state index contributed by atoms with van der Waals surface area (Å²) in [6.07, 6.45) is 0. The van der Waals surface area contributed by atoms with E-state index in [1.807, 2.05) is 18.2 Å². The number of aryl methyl sites for hydroxylation is 1. The summed E-state index contributed by atoms with van der Waals surface area (Å²) in [5, 5.41) is 2.19. The Balaban J connectivity index is 1.56. The Labute approximate surface area is 250 Å². The number of imidazole rings is 1. The second kappa shape index (κ2) is 10.0. The highest BCUT2D eigenvalue weighted by molar-refractivity contribution is 7.26. The van der Waals surface area contributed by atoms with Gasteiger partial charge in [0.2, 0.25) is 0 Å². The minimum atomic E-state index is -2.15. The fourth-order valence-corrected chi connectivity index (χ4v) is 7.27. The van der Waals surface area contributed by atoms with Gasteiger partial charge < -0.3 is 0 Å². The fourth-order valence-electron chi connectivity index (χ4n) is 6.02. The van der Waals surface area contributed by atoms with Crippen molar-refractivity contribution < 1.29 is 4.11 Å². The highest BCUT2D eigenvalue weighted by atomic mass is 32.1. The lowest BCUT2D eigenvalue weighted by Gasteiger charge is -2.24. The molecule has 0 saturated carbocycles. The van der Waals surface area contributed by atoms with Crippen molar-refractivity contribution in [1.82, 2.24) is 9.55 Å². The van der Waals surface area contributed by atoms with Crippen LogP contribution in [-0.4, -0.2) is 9.55 Å². The molecule has 0 amide bonds. The molecule has 0 atom stereocenters.